The normalized spacial score (nSPS) is 14.4. The van der Waals surface area contributed by atoms with Crippen LogP contribution < -0.4 is 0 Å². The van der Waals surface area contributed by atoms with Crippen LogP contribution in [0.4, 0.5) is 0 Å². The second-order valence-corrected chi connectivity index (χ2v) is 3.00. The number of rotatable bonds is 3. The van der Waals surface area contributed by atoms with Gasteiger partial charge in [-0.25, -0.2) is 4.79 Å². The molecule has 3 nitrogen and oxygen atoms in total. The van der Waals surface area contributed by atoms with Crippen LogP contribution in [0.25, 0.3) is 0 Å². The van der Waals surface area contributed by atoms with E-state index < -0.39 is 6.29 Å². The Morgan fingerprint density at radius 3 is 2.20 bits per heavy atom. The Bertz CT molecular complexity index is 104. The van der Waals surface area contributed by atoms with E-state index in [0.29, 0.717) is 0 Å². The molecule has 0 aliphatic carbocycles. The van der Waals surface area contributed by atoms with Crippen LogP contribution in [0, 0.1) is 0 Å². The number of hydrogen-bond donors (Lipinski definition) is 0. The summed E-state index contributed by atoms with van der Waals surface area (Å²) < 4.78 is 9.58. The fourth-order valence-electron chi connectivity index (χ4n) is 0.590. The molecule has 0 aromatic carbocycles. The highest BCUT2D eigenvalue weighted by atomic mass is 16.7. The monoisotopic (exact) mass is 145 g/mol. The summed E-state index contributed by atoms with van der Waals surface area (Å²) in [6.45, 7) is 8.62. The Morgan fingerprint density at radius 1 is 1.40 bits per heavy atom. The van der Waals surface area contributed by atoms with E-state index in [1.54, 1.807) is 6.92 Å². The maximum atomic E-state index is 9.67. The maximum Gasteiger partial charge on any atom is 0.419 e. The van der Waals surface area contributed by atoms with Crippen molar-refractivity contribution in [2.75, 3.05) is 0 Å². The molecule has 0 aliphatic rings. The standard InChI is InChI=1S/C7H13O3/c1-6(9-5-8)10-7(2,3)4/h6H,1-4H3. The quantitative estimate of drug-likeness (QED) is 0.560. The smallest absolute Gasteiger partial charge is 0.419 e. The van der Waals surface area contributed by atoms with Gasteiger partial charge in [0.2, 0.25) is 6.29 Å². The molecule has 59 valence electrons. The Balaban J connectivity index is 3.56. The molecule has 0 fully saturated rings. The minimum absolute atomic E-state index is 0.281. The molecule has 1 radical (unpaired) electrons. The van der Waals surface area contributed by atoms with E-state index in [-0.39, 0.29) is 5.60 Å². The molecule has 0 heterocycles. The number of hydrogen-bond acceptors (Lipinski definition) is 3. The lowest BCUT2D eigenvalue weighted by atomic mass is 10.2. The van der Waals surface area contributed by atoms with Crippen LogP contribution >= 0.6 is 0 Å². The van der Waals surface area contributed by atoms with Crippen molar-refractivity contribution in [2.45, 2.75) is 39.6 Å². The first kappa shape index (κ1) is 9.43. The van der Waals surface area contributed by atoms with Gasteiger partial charge in [0.15, 0.2) is 0 Å². The second kappa shape index (κ2) is 3.56. The number of carbonyl (C=O) groups excluding carboxylic acids is 1. The molecule has 0 amide bonds. The second-order valence-electron chi connectivity index (χ2n) is 3.00. The summed E-state index contributed by atoms with van der Waals surface area (Å²) in [6, 6.07) is 0. The molecule has 1 unspecified atom stereocenters. The highest BCUT2D eigenvalue weighted by molar-refractivity contribution is 5.38. The molecule has 0 spiro atoms. The minimum atomic E-state index is -0.516. The van der Waals surface area contributed by atoms with Crippen LogP contribution in [0.15, 0.2) is 0 Å². The van der Waals surface area contributed by atoms with Gasteiger partial charge in [0.05, 0.1) is 5.60 Å². The largest absolute Gasteiger partial charge is 0.428 e. The van der Waals surface area contributed by atoms with Gasteiger partial charge in [-0.05, 0) is 27.7 Å². The molecule has 0 bridgehead atoms. The van der Waals surface area contributed by atoms with E-state index in [2.05, 4.69) is 4.74 Å². The molecule has 0 saturated heterocycles. The lowest BCUT2D eigenvalue weighted by molar-refractivity contribution is -0.146. The first-order valence-corrected chi connectivity index (χ1v) is 3.16. The molecular weight excluding hydrogens is 132 g/mol. The van der Waals surface area contributed by atoms with Crippen LogP contribution in [-0.4, -0.2) is 18.4 Å². The van der Waals surface area contributed by atoms with E-state index in [9.17, 15) is 4.79 Å². The topological polar surface area (TPSA) is 35.5 Å². The van der Waals surface area contributed by atoms with Crippen LogP contribution in [0.2, 0.25) is 0 Å². The van der Waals surface area contributed by atoms with Crippen molar-refractivity contribution < 1.29 is 14.3 Å². The van der Waals surface area contributed by atoms with Gasteiger partial charge in [0.1, 0.15) is 0 Å². The Kier molecular flexibility index (Phi) is 3.36. The van der Waals surface area contributed by atoms with Gasteiger partial charge < -0.3 is 9.47 Å². The van der Waals surface area contributed by atoms with Crippen molar-refractivity contribution in [2.24, 2.45) is 0 Å². The van der Waals surface area contributed by atoms with Crippen molar-refractivity contribution in [3.63, 3.8) is 0 Å². The molecule has 10 heavy (non-hydrogen) atoms. The summed E-state index contributed by atoms with van der Waals surface area (Å²) in [4.78, 5) is 9.67. The first-order chi connectivity index (χ1) is 4.45. The first-order valence-electron chi connectivity index (χ1n) is 3.16. The molecule has 0 aromatic heterocycles. The Morgan fingerprint density at radius 2 is 1.90 bits per heavy atom. The summed E-state index contributed by atoms with van der Waals surface area (Å²) in [5.41, 5.74) is -0.281. The molecular formula is C7H13O3. The highest BCUT2D eigenvalue weighted by Crippen LogP contribution is 2.10. The van der Waals surface area contributed by atoms with Crippen LogP contribution in [0.1, 0.15) is 27.7 Å². The molecule has 0 aliphatic heterocycles. The lowest BCUT2D eigenvalue weighted by Gasteiger charge is -2.22. The van der Waals surface area contributed by atoms with E-state index in [1.165, 1.54) is 6.47 Å². The van der Waals surface area contributed by atoms with Crippen molar-refractivity contribution in [1.29, 1.82) is 0 Å². The van der Waals surface area contributed by atoms with E-state index in [0.717, 1.165) is 0 Å². The fraction of sp³-hybridized carbons (Fsp3) is 0.857. The zero-order chi connectivity index (χ0) is 8.20. The molecule has 0 aromatic rings. The molecule has 0 N–H and O–H groups in total. The van der Waals surface area contributed by atoms with Gasteiger partial charge in [-0.2, -0.15) is 0 Å². The third kappa shape index (κ3) is 5.56. The van der Waals surface area contributed by atoms with Gasteiger partial charge in [-0.15, -0.1) is 0 Å². The third-order valence-corrected chi connectivity index (χ3v) is 0.734. The Hall–Kier alpha value is -0.570. The Labute approximate surface area is 61.3 Å². The van der Waals surface area contributed by atoms with Gasteiger partial charge in [0.25, 0.3) is 0 Å². The molecule has 1 atom stereocenters. The summed E-state index contributed by atoms with van der Waals surface area (Å²) in [7, 11) is 0. The minimum Gasteiger partial charge on any atom is -0.428 e. The van der Waals surface area contributed by atoms with Gasteiger partial charge in [-0.1, -0.05) is 0 Å². The van der Waals surface area contributed by atoms with Crippen LogP contribution in [0.3, 0.4) is 0 Å². The summed E-state index contributed by atoms with van der Waals surface area (Å²) in [5, 5.41) is 0. The van der Waals surface area contributed by atoms with Crippen molar-refractivity contribution in [1.82, 2.24) is 0 Å². The molecule has 0 saturated carbocycles. The van der Waals surface area contributed by atoms with Crippen molar-refractivity contribution in [3.05, 3.63) is 0 Å². The van der Waals surface area contributed by atoms with Gasteiger partial charge >= 0.3 is 6.47 Å². The summed E-state index contributed by atoms with van der Waals surface area (Å²) in [6.07, 6.45) is -0.516. The van der Waals surface area contributed by atoms with Crippen LogP contribution in [0.5, 0.6) is 0 Å². The van der Waals surface area contributed by atoms with Crippen LogP contribution in [-0.2, 0) is 14.3 Å². The summed E-state index contributed by atoms with van der Waals surface area (Å²) >= 11 is 0. The fourth-order valence-corrected chi connectivity index (χ4v) is 0.590. The van der Waals surface area contributed by atoms with Gasteiger partial charge in [-0.3, -0.25) is 0 Å². The van der Waals surface area contributed by atoms with Crippen molar-refractivity contribution in [3.8, 4) is 0 Å². The zero-order valence-electron chi connectivity index (χ0n) is 6.80. The lowest BCUT2D eigenvalue weighted by Crippen LogP contribution is -2.26. The van der Waals surface area contributed by atoms with Gasteiger partial charge in [0, 0.05) is 0 Å². The predicted molar refractivity (Wildman–Crippen MR) is 37.1 cm³/mol. The predicted octanol–water partition coefficient (Wildman–Crippen LogP) is 1.23. The third-order valence-electron chi connectivity index (χ3n) is 0.734. The van der Waals surface area contributed by atoms with Crippen molar-refractivity contribution >= 4 is 6.47 Å². The van der Waals surface area contributed by atoms with E-state index >= 15 is 0 Å². The maximum absolute atomic E-state index is 9.67. The van der Waals surface area contributed by atoms with E-state index in [4.69, 9.17) is 4.74 Å². The molecule has 0 rings (SSSR count). The average Bonchev–Trinajstić information content (AvgIpc) is 1.59. The summed E-state index contributed by atoms with van der Waals surface area (Å²) in [5.74, 6) is 0. The highest BCUT2D eigenvalue weighted by Gasteiger charge is 2.15. The number of ether oxygens (including phenoxy) is 2. The SMILES string of the molecule is CC(O[C]=O)OC(C)(C)C. The average molecular weight is 145 g/mol. The van der Waals surface area contributed by atoms with E-state index in [1.807, 2.05) is 20.8 Å². The zero-order valence-corrected chi connectivity index (χ0v) is 6.80. The molecule has 3 heteroatoms.